The van der Waals surface area contributed by atoms with Gasteiger partial charge >= 0.3 is 0 Å². The molecule has 1 aromatic heterocycles. The summed E-state index contributed by atoms with van der Waals surface area (Å²) in [5.74, 6) is 0.333. The van der Waals surface area contributed by atoms with Crippen molar-refractivity contribution in [3.05, 3.63) is 41.0 Å². The van der Waals surface area contributed by atoms with Crippen LogP contribution in [0.2, 0.25) is 0 Å². The third-order valence-corrected chi connectivity index (χ3v) is 2.80. The number of nitrogens with two attached hydrogens (primary N) is 1. The van der Waals surface area contributed by atoms with Crippen molar-refractivity contribution in [3.8, 4) is 17.0 Å². The van der Waals surface area contributed by atoms with Gasteiger partial charge in [-0.3, -0.25) is 4.79 Å². The Morgan fingerprint density at radius 3 is 2.56 bits per heavy atom. The van der Waals surface area contributed by atoms with E-state index in [0.29, 0.717) is 23.1 Å². The largest absolute Gasteiger partial charge is 0.507 e. The maximum atomic E-state index is 10.7. The molecule has 0 saturated heterocycles. The number of carbonyl (C=O) groups excluding carboxylic acids is 1. The highest BCUT2D eigenvalue weighted by molar-refractivity contribution is 5.83. The van der Waals surface area contributed by atoms with Crippen molar-refractivity contribution < 1.29 is 9.90 Å². The first-order valence-corrected chi connectivity index (χ1v) is 5.55. The van der Waals surface area contributed by atoms with Crippen molar-refractivity contribution in [1.82, 2.24) is 4.98 Å². The van der Waals surface area contributed by atoms with E-state index in [2.05, 4.69) is 4.98 Å². The van der Waals surface area contributed by atoms with Gasteiger partial charge in [-0.05, 0) is 43.2 Å². The molecule has 1 aromatic carbocycles. The average molecular weight is 242 g/mol. The zero-order valence-corrected chi connectivity index (χ0v) is 10.3. The number of aryl methyl sites for hydroxylation is 2. The van der Waals surface area contributed by atoms with Crippen molar-refractivity contribution in [2.24, 2.45) is 0 Å². The second-order valence-corrected chi connectivity index (χ2v) is 4.26. The number of nitrogen functional groups attached to an aromatic ring is 1. The fourth-order valence-electron chi connectivity index (χ4n) is 2.00. The molecule has 0 atom stereocenters. The molecule has 0 saturated carbocycles. The van der Waals surface area contributed by atoms with Gasteiger partial charge in [0.05, 0.1) is 11.3 Å². The van der Waals surface area contributed by atoms with Gasteiger partial charge in [0.25, 0.3) is 0 Å². The standard InChI is InChI=1S/C14H14N2O2/c1-8-5-9(2)13(12(18)6-8)11-4-3-10(7-17)14(15)16-11/h3-7,18H,1-2H3,(H2,15,16). The third kappa shape index (κ3) is 2.05. The number of phenols is 1. The van der Waals surface area contributed by atoms with Crippen LogP contribution in [0.3, 0.4) is 0 Å². The van der Waals surface area contributed by atoms with Crippen LogP contribution in [0.15, 0.2) is 24.3 Å². The Hall–Kier alpha value is -2.36. The lowest BCUT2D eigenvalue weighted by molar-refractivity contribution is 0.112. The van der Waals surface area contributed by atoms with Crippen LogP contribution in [-0.2, 0) is 0 Å². The van der Waals surface area contributed by atoms with Crippen molar-refractivity contribution in [3.63, 3.8) is 0 Å². The van der Waals surface area contributed by atoms with E-state index >= 15 is 0 Å². The molecular formula is C14H14N2O2. The second kappa shape index (κ2) is 4.49. The predicted molar refractivity (Wildman–Crippen MR) is 70.6 cm³/mol. The molecule has 0 amide bonds. The van der Waals surface area contributed by atoms with Gasteiger partial charge < -0.3 is 10.8 Å². The highest BCUT2D eigenvalue weighted by Gasteiger charge is 2.11. The molecule has 0 aliphatic carbocycles. The number of anilines is 1. The van der Waals surface area contributed by atoms with E-state index in [0.717, 1.165) is 11.1 Å². The zero-order valence-electron chi connectivity index (χ0n) is 10.3. The molecule has 92 valence electrons. The summed E-state index contributed by atoms with van der Waals surface area (Å²) in [4.78, 5) is 14.8. The van der Waals surface area contributed by atoms with Gasteiger partial charge in [0.1, 0.15) is 11.6 Å². The number of nitrogens with zero attached hydrogens (tertiary/aromatic N) is 1. The van der Waals surface area contributed by atoms with Crippen LogP contribution in [0.5, 0.6) is 5.75 Å². The quantitative estimate of drug-likeness (QED) is 0.793. The number of aldehydes is 1. The number of carbonyl (C=O) groups is 1. The fourth-order valence-corrected chi connectivity index (χ4v) is 2.00. The van der Waals surface area contributed by atoms with Crippen LogP contribution < -0.4 is 5.73 Å². The molecule has 4 heteroatoms. The van der Waals surface area contributed by atoms with Crippen LogP contribution in [0.1, 0.15) is 21.5 Å². The summed E-state index contributed by atoms with van der Waals surface area (Å²) in [5.41, 5.74) is 9.12. The molecule has 0 unspecified atom stereocenters. The molecular weight excluding hydrogens is 228 g/mol. The molecule has 0 spiro atoms. The Labute approximate surface area is 105 Å². The van der Waals surface area contributed by atoms with Crippen LogP contribution in [0, 0.1) is 13.8 Å². The van der Waals surface area contributed by atoms with Crippen molar-refractivity contribution in [1.29, 1.82) is 0 Å². The minimum absolute atomic E-state index is 0.165. The van der Waals surface area contributed by atoms with E-state index < -0.39 is 0 Å². The molecule has 2 rings (SSSR count). The monoisotopic (exact) mass is 242 g/mol. The first-order valence-electron chi connectivity index (χ1n) is 5.55. The third-order valence-electron chi connectivity index (χ3n) is 2.80. The van der Waals surface area contributed by atoms with E-state index in [1.165, 1.54) is 0 Å². The topological polar surface area (TPSA) is 76.2 Å². The van der Waals surface area contributed by atoms with E-state index in [4.69, 9.17) is 5.73 Å². The highest BCUT2D eigenvalue weighted by Crippen LogP contribution is 2.32. The smallest absolute Gasteiger partial charge is 0.153 e. The van der Waals surface area contributed by atoms with Crippen LogP contribution in [0.4, 0.5) is 5.82 Å². The van der Waals surface area contributed by atoms with Gasteiger partial charge in [-0.1, -0.05) is 6.07 Å². The number of phenolic OH excluding ortho intramolecular Hbond substituents is 1. The summed E-state index contributed by atoms with van der Waals surface area (Å²) in [5, 5.41) is 9.99. The lowest BCUT2D eigenvalue weighted by Gasteiger charge is -2.10. The number of pyridine rings is 1. The van der Waals surface area contributed by atoms with E-state index in [-0.39, 0.29) is 11.6 Å². The Morgan fingerprint density at radius 2 is 2.00 bits per heavy atom. The number of rotatable bonds is 2. The molecule has 0 fully saturated rings. The van der Waals surface area contributed by atoms with Gasteiger partial charge in [-0.2, -0.15) is 0 Å². The van der Waals surface area contributed by atoms with Crippen molar-refractivity contribution in [2.45, 2.75) is 13.8 Å². The number of aromatic hydroxyl groups is 1. The molecule has 0 radical (unpaired) electrons. The molecule has 1 heterocycles. The van der Waals surface area contributed by atoms with Crippen LogP contribution in [0.25, 0.3) is 11.3 Å². The van der Waals surface area contributed by atoms with Gasteiger partial charge in [-0.25, -0.2) is 4.98 Å². The molecule has 4 nitrogen and oxygen atoms in total. The molecule has 0 aliphatic heterocycles. The van der Waals surface area contributed by atoms with E-state index in [1.807, 2.05) is 19.9 Å². The summed E-state index contributed by atoms with van der Waals surface area (Å²) in [6.07, 6.45) is 0.661. The van der Waals surface area contributed by atoms with Gasteiger partial charge in [0.2, 0.25) is 0 Å². The first-order chi connectivity index (χ1) is 8.52. The Bertz CT molecular complexity index is 598. The average Bonchev–Trinajstić information content (AvgIpc) is 2.27. The fraction of sp³-hybridized carbons (Fsp3) is 0.143. The van der Waals surface area contributed by atoms with Crippen LogP contribution >= 0.6 is 0 Å². The predicted octanol–water partition coefficient (Wildman–Crippen LogP) is 2.47. The number of benzene rings is 1. The Balaban J connectivity index is 2.62. The zero-order chi connectivity index (χ0) is 13.3. The lowest BCUT2D eigenvalue weighted by Crippen LogP contribution is -1.99. The van der Waals surface area contributed by atoms with Crippen LogP contribution in [-0.4, -0.2) is 16.4 Å². The summed E-state index contributed by atoms with van der Waals surface area (Å²) < 4.78 is 0. The van der Waals surface area contributed by atoms with Crippen molar-refractivity contribution in [2.75, 3.05) is 5.73 Å². The summed E-state index contributed by atoms with van der Waals surface area (Å²) >= 11 is 0. The molecule has 0 bridgehead atoms. The summed E-state index contributed by atoms with van der Waals surface area (Å²) in [6, 6.07) is 6.91. The van der Waals surface area contributed by atoms with Crippen molar-refractivity contribution >= 4 is 12.1 Å². The van der Waals surface area contributed by atoms with Gasteiger partial charge in [-0.15, -0.1) is 0 Å². The summed E-state index contributed by atoms with van der Waals surface area (Å²) in [7, 11) is 0. The first kappa shape index (κ1) is 12.1. The number of hydrogen-bond acceptors (Lipinski definition) is 4. The van der Waals surface area contributed by atoms with E-state index in [9.17, 15) is 9.90 Å². The highest BCUT2D eigenvalue weighted by atomic mass is 16.3. The minimum Gasteiger partial charge on any atom is -0.507 e. The Kier molecular flexibility index (Phi) is 3.02. The van der Waals surface area contributed by atoms with Gasteiger partial charge in [0, 0.05) is 5.56 Å². The second-order valence-electron chi connectivity index (χ2n) is 4.26. The molecule has 3 N–H and O–H groups in total. The molecule has 18 heavy (non-hydrogen) atoms. The lowest BCUT2D eigenvalue weighted by atomic mass is 10.0. The van der Waals surface area contributed by atoms with Gasteiger partial charge in [0.15, 0.2) is 6.29 Å². The van der Waals surface area contributed by atoms with E-state index in [1.54, 1.807) is 18.2 Å². The molecule has 2 aromatic rings. The maximum absolute atomic E-state index is 10.7. The number of aromatic nitrogens is 1. The molecule has 0 aliphatic rings. The maximum Gasteiger partial charge on any atom is 0.153 e. The Morgan fingerprint density at radius 1 is 1.28 bits per heavy atom. The number of hydrogen-bond donors (Lipinski definition) is 2. The normalized spacial score (nSPS) is 10.3. The minimum atomic E-state index is 0.165. The summed E-state index contributed by atoms with van der Waals surface area (Å²) in [6.45, 7) is 3.81. The SMILES string of the molecule is Cc1cc(C)c(-c2ccc(C=O)c(N)n2)c(O)c1.